The van der Waals surface area contributed by atoms with Crippen molar-refractivity contribution < 1.29 is 14.3 Å². The predicted molar refractivity (Wildman–Crippen MR) is 87.6 cm³/mol. The Morgan fingerprint density at radius 2 is 1.96 bits per heavy atom. The fraction of sp³-hybridized carbons (Fsp3) is 0.700. The minimum atomic E-state index is -0.0264. The molecule has 0 aromatic carbocycles. The smallest absolute Gasteiger partial charge is 0.306 e. The molecule has 0 amide bonds. The third-order valence-electron chi connectivity index (χ3n) is 7.62. The van der Waals surface area contributed by atoms with Crippen LogP contribution in [0.5, 0.6) is 0 Å². The van der Waals surface area contributed by atoms with Gasteiger partial charge in [0.05, 0.1) is 0 Å². The molecule has 3 heteroatoms. The number of fused-ring (bicyclic) bond motifs is 5. The number of esters is 1. The van der Waals surface area contributed by atoms with E-state index in [9.17, 15) is 9.59 Å². The molecule has 2 saturated carbocycles. The van der Waals surface area contributed by atoms with Crippen LogP contribution in [-0.4, -0.2) is 17.9 Å². The number of hydrogen-bond acceptors (Lipinski definition) is 3. The quantitative estimate of drug-likeness (QED) is 0.638. The summed E-state index contributed by atoms with van der Waals surface area (Å²) in [4.78, 5) is 23.8. The molecule has 1 aliphatic heterocycles. The summed E-state index contributed by atoms with van der Waals surface area (Å²) in [5.74, 6) is 1.63. The van der Waals surface area contributed by atoms with Crippen molar-refractivity contribution in [3.8, 4) is 0 Å². The summed E-state index contributed by atoms with van der Waals surface area (Å²) in [6, 6.07) is 0. The molecular weight excluding hydrogens is 288 g/mol. The van der Waals surface area contributed by atoms with Crippen LogP contribution in [-0.2, 0) is 14.3 Å². The maximum atomic E-state index is 12.1. The van der Waals surface area contributed by atoms with Crippen LogP contribution in [0.15, 0.2) is 23.8 Å². The molecular formula is C20H26O3. The minimum absolute atomic E-state index is 0.00272. The van der Waals surface area contributed by atoms with Gasteiger partial charge in [0.25, 0.3) is 0 Å². The van der Waals surface area contributed by atoms with Crippen molar-refractivity contribution in [3.63, 3.8) is 0 Å². The Balaban J connectivity index is 1.71. The Bertz CT molecular complexity index is 631. The van der Waals surface area contributed by atoms with E-state index in [4.69, 9.17) is 4.74 Å². The monoisotopic (exact) mass is 314 g/mol. The zero-order chi connectivity index (χ0) is 16.4. The molecule has 0 unspecified atom stereocenters. The Hall–Kier alpha value is -1.38. The van der Waals surface area contributed by atoms with E-state index in [1.54, 1.807) is 6.08 Å². The Kier molecular flexibility index (Phi) is 3.17. The fourth-order valence-corrected chi connectivity index (χ4v) is 5.99. The molecule has 124 valence electrons. The van der Waals surface area contributed by atoms with Crippen molar-refractivity contribution in [2.75, 3.05) is 0 Å². The zero-order valence-electron chi connectivity index (χ0n) is 14.3. The van der Waals surface area contributed by atoms with E-state index in [1.807, 2.05) is 6.08 Å². The summed E-state index contributed by atoms with van der Waals surface area (Å²) < 4.78 is 5.58. The Morgan fingerprint density at radius 1 is 1.17 bits per heavy atom. The molecule has 1 heterocycles. The predicted octanol–water partition coefficient (Wildman–Crippen LogP) is 3.84. The second-order valence-corrected chi connectivity index (χ2v) is 8.48. The van der Waals surface area contributed by atoms with Crippen LogP contribution >= 0.6 is 0 Å². The second-order valence-electron chi connectivity index (χ2n) is 8.48. The molecule has 3 aliphatic carbocycles. The SMILES string of the molecule is C[C@@H]1OC(=O)C[C@H]2[C@@H]3CCC4=CC(=O)C=C[C@]4(C)[C@H]3CC[C@]12C. The maximum absolute atomic E-state index is 12.1. The topological polar surface area (TPSA) is 43.4 Å². The molecule has 4 aliphatic rings. The van der Waals surface area contributed by atoms with Crippen molar-refractivity contribution in [3.05, 3.63) is 23.8 Å². The zero-order valence-corrected chi connectivity index (χ0v) is 14.3. The summed E-state index contributed by atoms with van der Waals surface area (Å²) in [5, 5.41) is 0. The lowest BCUT2D eigenvalue weighted by molar-refractivity contribution is -0.188. The van der Waals surface area contributed by atoms with Gasteiger partial charge in [0.15, 0.2) is 5.78 Å². The van der Waals surface area contributed by atoms with E-state index >= 15 is 0 Å². The van der Waals surface area contributed by atoms with Crippen LogP contribution in [0.3, 0.4) is 0 Å². The van der Waals surface area contributed by atoms with Crippen LogP contribution in [0.2, 0.25) is 0 Å². The fourth-order valence-electron chi connectivity index (χ4n) is 5.99. The van der Waals surface area contributed by atoms with Gasteiger partial charge >= 0.3 is 5.97 Å². The molecule has 23 heavy (non-hydrogen) atoms. The van der Waals surface area contributed by atoms with Gasteiger partial charge in [-0.25, -0.2) is 0 Å². The number of allylic oxidation sites excluding steroid dienone is 4. The number of carbonyl (C=O) groups excluding carboxylic acids is 2. The molecule has 1 saturated heterocycles. The third-order valence-corrected chi connectivity index (χ3v) is 7.62. The molecule has 0 bridgehead atoms. The standard InChI is InChI=1S/C20H26O3/c1-12-19(2)9-7-16-15(17(19)11-18(22)23-12)5-4-13-10-14(21)6-8-20(13,16)3/h6,8,10,12,15-17H,4-5,7,9,11H2,1-3H3/t12-,15+,16-,17-,19+,20-/m0/s1. The van der Waals surface area contributed by atoms with Crippen LogP contribution in [0.1, 0.15) is 52.9 Å². The third kappa shape index (κ3) is 2.01. The van der Waals surface area contributed by atoms with E-state index in [0.29, 0.717) is 24.2 Å². The van der Waals surface area contributed by atoms with E-state index in [1.165, 1.54) is 5.57 Å². The molecule has 3 fully saturated rings. The van der Waals surface area contributed by atoms with E-state index in [0.717, 1.165) is 25.7 Å². The first-order chi connectivity index (χ1) is 10.8. The van der Waals surface area contributed by atoms with Gasteiger partial charge in [0, 0.05) is 17.3 Å². The van der Waals surface area contributed by atoms with Crippen molar-refractivity contribution in [1.82, 2.24) is 0 Å². The van der Waals surface area contributed by atoms with Crippen LogP contribution in [0, 0.1) is 28.6 Å². The van der Waals surface area contributed by atoms with E-state index < -0.39 is 0 Å². The molecule has 0 radical (unpaired) electrons. The molecule has 6 atom stereocenters. The van der Waals surface area contributed by atoms with Crippen LogP contribution < -0.4 is 0 Å². The minimum Gasteiger partial charge on any atom is -0.462 e. The van der Waals surface area contributed by atoms with Gasteiger partial charge in [-0.05, 0) is 62.5 Å². The maximum Gasteiger partial charge on any atom is 0.306 e. The number of rotatable bonds is 0. The summed E-state index contributed by atoms with van der Waals surface area (Å²) in [6.45, 7) is 6.68. The largest absolute Gasteiger partial charge is 0.462 e. The van der Waals surface area contributed by atoms with Crippen molar-refractivity contribution in [1.29, 1.82) is 0 Å². The lowest BCUT2D eigenvalue weighted by Gasteiger charge is -2.59. The van der Waals surface area contributed by atoms with E-state index in [2.05, 4.69) is 26.8 Å². The number of hydrogen-bond donors (Lipinski definition) is 0. The molecule has 4 rings (SSSR count). The number of cyclic esters (lactones) is 1. The normalized spacial score (nSPS) is 48.7. The van der Waals surface area contributed by atoms with Crippen LogP contribution in [0.4, 0.5) is 0 Å². The highest BCUT2D eigenvalue weighted by atomic mass is 16.5. The molecule has 0 N–H and O–H groups in total. The summed E-state index contributed by atoms with van der Waals surface area (Å²) in [7, 11) is 0. The van der Waals surface area contributed by atoms with E-state index in [-0.39, 0.29) is 28.7 Å². The average molecular weight is 314 g/mol. The van der Waals surface area contributed by atoms with Gasteiger partial charge in [-0.3, -0.25) is 9.59 Å². The summed E-state index contributed by atoms with van der Waals surface area (Å²) >= 11 is 0. The van der Waals surface area contributed by atoms with Gasteiger partial charge in [-0.2, -0.15) is 0 Å². The summed E-state index contributed by atoms with van der Waals surface area (Å²) in [5.41, 5.74) is 1.42. The van der Waals surface area contributed by atoms with Crippen molar-refractivity contribution in [2.45, 2.75) is 59.0 Å². The highest BCUT2D eigenvalue weighted by molar-refractivity contribution is 6.01. The Morgan fingerprint density at radius 3 is 2.74 bits per heavy atom. The molecule has 0 aromatic rings. The van der Waals surface area contributed by atoms with Gasteiger partial charge in [0.1, 0.15) is 6.10 Å². The van der Waals surface area contributed by atoms with Gasteiger partial charge in [-0.15, -0.1) is 0 Å². The Labute approximate surface area is 138 Å². The number of ether oxygens (including phenoxy) is 1. The van der Waals surface area contributed by atoms with Gasteiger partial charge in [-0.1, -0.05) is 25.5 Å². The van der Waals surface area contributed by atoms with Crippen LogP contribution in [0.25, 0.3) is 0 Å². The molecule has 3 nitrogen and oxygen atoms in total. The van der Waals surface area contributed by atoms with Crippen molar-refractivity contribution >= 4 is 11.8 Å². The molecule has 0 aromatic heterocycles. The first-order valence-corrected chi connectivity index (χ1v) is 8.98. The summed E-state index contributed by atoms with van der Waals surface area (Å²) in [6.07, 6.45) is 10.7. The first-order valence-electron chi connectivity index (χ1n) is 8.98. The highest BCUT2D eigenvalue weighted by Crippen LogP contribution is 2.63. The number of carbonyl (C=O) groups is 2. The second kappa shape index (κ2) is 4.81. The average Bonchev–Trinajstić information content (AvgIpc) is 2.49. The lowest BCUT2D eigenvalue weighted by Crippen LogP contribution is -2.56. The highest BCUT2D eigenvalue weighted by Gasteiger charge is 2.58. The van der Waals surface area contributed by atoms with Gasteiger partial charge in [0.2, 0.25) is 0 Å². The lowest BCUT2D eigenvalue weighted by atomic mass is 9.46. The first kappa shape index (κ1) is 15.2. The molecule has 0 spiro atoms. The number of ketones is 1. The van der Waals surface area contributed by atoms with Crippen molar-refractivity contribution in [2.24, 2.45) is 28.6 Å². The van der Waals surface area contributed by atoms with Gasteiger partial charge < -0.3 is 4.74 Å².